The number of imidazole rings is 1. The molecule has 0 fully saturated rings. The third kappa shape index (κ3) is 2.13. The summed E-state index contributed by atoms with van der Waals surface area (Å²) in [5.41, 5.74) is 7.81. The molecule has 0 aliphatic heterocycles. The molecule has 1 aromatic carbocycles. The number of fused-ring (bicyclic) bond motifs is 1. The van der Waals surface area contributed by atoms with Crippen molar-refractivity contribution >= 4 is 16.3 Å². The number of hydrogen-bond acceptors (Lipinski definition) is 3. The van der Waals surface area contributed by atoms with Crippen LogP contribution in [0.3, 0.4) is 0 Å². The Labute approximate surface area is 112 Å². The van der Waals surface area contributed by atoms with Gasteiger partial charge in [0.05, 0.1) is 5.69 Å². The molecule has 0 bridgehead atoms. The lowest BCUT2D eigenvalue weighted by Gasteiger charge is -1.98. The summed E-state index contributed by atoms with van der Waals surface area (Å²) >= 11 is 1.51. The van der Waals surface area contributed by atoms with Gasteiger partial charge in [0.15, 0.2) is 16.6 Å². The Morgan fingerprint density at radius 3 is 2.84 bits per heavy atom. The Morgan fingerprint density at radius 2 is 2.11 bits per heavy atom. The molecule has 3 rings (SSSR count). The van der Waals surface area contributed by atoms with Crippen LogP contribution in [0.5, 0.6) is 0 Å². The topological polar surface area (TPSA) is 43.3 Å². The molecule has 0 saturated heterocycles. The van der Waals surface area contributed by atoms with E-state index in [-0.39, 0.29) is 0 Å². The van der Waals surface area contributed by atoms with Crippen molar-refractivity contribution in [1.82, 2.24) is 9.38 Å². The largest absolute Gasteiger partial charge is 0.330 e. The average Bonchev–Trinajstić information content (AvgIpc) is 2.95. The first-order valence-electron chi connectivity index (χ1n) is 5.80. The zero-order valence-electron chi connectivity index (χ0n) is 9.94. The third-order valence-electron chi connectivity index (χ3n) is 2.90. The van der Waals surface area contributed by atoms with E-state index in [1.165, 1.54) is 17.4 Å². The predicted octanol–water partition coefficient (Wildman–Crippen LogP) is 2.84. The lowest BCUT2D eigenvalue weighted by molar-refractivity contribution is 0.509. The van der Waals surface area contributed by atoms with Gasteiger partial charge in [-0.05, 0) is 24.7 Å². The van der Waals surface area contributed by atoms with E-state index in [9.17, 15) is 8.78 Å². The number of rotatable bonds is 3. The molecule has 3 nitrogen and oxygen atoms in total. The van der Waals surface area contributed by atoms with E-state index in [1.54, 1.807) is 0 Å². The molecule has 2 aromatic heterocycles. The van der Waals surface area contributed by atoms with Gasteiger partial charge in [-0.3, -0.25) is 4.40 Å². The molecule has 0 unspecified atom stereocenters. The number of benzene rings is 1. The highest BCUT2D eigenvalue weighted by atomic mass is 32.1. The number of thiazole rings is 1. The van der Waals surface area contributed by atoms with Crippen LogP contribution in [-0.2, 0) is 6.42 Å². The Balaban J connectivity index is 2.07. The smallest absolute Gasteiger partial charge is 0.194 e. The van der Waals surface area contributed by atoms with Crippen LogP contribution < -0.4 is 5.73 Å². The predicted molar refractivity (Wildman–Crippen MR) is 71.2 cm³/mol. The van der Waals surface area contributed by atoms with Crippen molar-refractivity contribution in [3.05, 3.63) is 47.1 Å². The number of nitrogens with two attached hydrogens (primary N) is 1. The summed E-state index contributed by atoms with van der Waals surface area (Å²) in [5, 5.41) is 2.00. The molecule has 0 amide bonds. The van der Waals surface area contributed by atoms with Crippen LogP contribution in [0, 0.1) is 11.6 Å². The molecule has 19 heavy (non-hydrogen) atoms. The van der Waals surface area contributed by atoms with Gasteiger partial charge >= 0.3 is 0 Å². The Kier molecular flexibility index (Phi) is 3.04. The average molecular weight is 279 g/mol. The lowest BCUT2D eigenvalue weighted by atomic mass is 10.1. The summed E-state index contributed by atoms with van der Waals surface area (Å²) in [6.07, 6.45) is 2.58. The zero-order valence-corrected chi connectivity index (χ0v) is 10.8. The summed E-state index contributed by atoms with van der Waals surface area (Å²) in [4.78, 5) is 5.23. The van der Waals surface area contributed by atoms with Crippen molar-refractivity contribution in [2.24, 2.45) is 5.73 Å². The van der Waals surface area contributed by atoms with Crippen molar-refractivity contribution in [2.45, 2.75) is 6.42 Å². The molecule has 2 heterocycles. The fourth-order valence-electron chi connectivity index (χ4n) is 1.95. The van der Waals surface area contributed by atoms with Crippen LogP contribution >= 0.6 is 11.3 Å². The van der Waals surface area contributed by atoms with Crippen LogP contribution in [0.2, 0.25) is 0 Å². The van der Waals surface area contributed by atoms with E-state index in [2.05, 4.69) is 4.98 Å². The van der Waals surface area contributed by atoms with Gasteiger partial charge in [0, 0.05) is 29.3 Å². The minimum atomic E-state index is -0.865. The number of nitrogens with zero attached hydrogens (tertiary/aromatic N) is 2. The van der Waals surface area contributed by atoms with Gasteiger partial charge in [0.1, 0.15) is 0 Å². The maximum atomic E-state index is 13.2. The molecule has 0 spiro atoms. The zero-order chi connectivity index (χ0) is 13.4. The molecule has 3 aromatic rings. The first-order chi connectivity index (χ1) is 9.19. The first-order valence-corrected chi connectivity index (χ1v) is 6.68. The van der Waals surface area contributed by atoms with E-state index >= 15 is 0 Å². The van der Waals surface area contributed by atoms with Gasteiger partial charge in [0.25, 0.3) is 0 Å². The van der Waals surface area contributed by atoms with Crippen LogP contribution in [0.4, 0.5) is 8.78 Å². The minimum Gasteiger partial charge on any atom is -0.330 e. The van der Waals surface area contributed by atoms with Crippen molar-refractivity contribution < 1.29 is 8.78 Å². The van der Waals surface area contributed by atoms with E-state index in [0.29, 0.717) is 17.8 Å². The summed E-state index contributed by atoms with van der Waals surface area (Å²) in [5.74, 6) is -1.72. The van der Waals surface area contributed by atoms with Gasteiger partial charge in [-0.25, -0.2) is 13.8 Å². The Morgan fingerprint density at radius 1 is 1.26 bits per heavy atom. The molecular weight excluding hydrogens is 268 g/mol. The van der Waals surface area contributed by atoms with Gasteiger partial charge in [-0.1, -0.05) is 0 Å². The van der Waals surface area contributed by atoms with Crippen LogP contribution in [0.1, 0.15) is 5.69 Å². The van der Waals surface area contributed by atoms with Gasteiger partial charge < -0.3 is 5.73 Å². The number of aromatic nitrogens is 2. The molecular formula is C13H11F2N3S. The van der Waals surface area contributed by atoms with Crippen LogP contribution in [0.25, 0.3) is 16.2 Å². The molecule has 0 aliphatic rings. The first kappa shape index (κ1) is 12.3. The molecule has 0 radical (unpaired) electrons. The third-order valence-corrected chi connectivity index (χ3v) is 3.79. The molecule has 0 saturated carbocycles. The highest BCUT2D eigenvalue weighted by molar-refractivity contribution is 7.15. The molecule has 2 N–H and O–H groups in total. The van der Waals surface area contributed by atoms with Crippen LogP contribution in [-0.4, -0.2) is 15.9 Å². The van der Waals surface area contributed by atoms with Gasteiger partial charge in [-0.2, -0.15) is 0 Å². The van der Waals surface area contributed by atoms with Crippen molar-refractivity contribution in [3.63, 3.8) is 0 Å². The second kappa shape index (κ2) is 4.71. The summed E-state index contributed by atoms with van der Waals surface area (Å²) in [6.45, 7) is 0.560. The Hall–Kier alpha value is -1.79. The van der Waals surface area contributed by atoms with Crippen molar-refractivity contribution in [3.8, 4) is 11.3 Å². The maximum Gasteiger partial charge on any atom is 0.194 e. The molecule has 6 heteroatoms. The fourth-order valence-corrected chi connectivity index (χ4v) is 2.86. The van der Waals surface area contributed by atoms with E-state index < -0.39 is 11.6 Å². The summed E-state index contributed by atoms with van der Waals surface area (Å²) in [6, 6.07) is 3.79. The highest BCUT2D eigenvalue weighted by Crippen LogP contribution is 2.25. The Bertz CT molecular complexity index is 733. The highest BCUT2D eigenvalue weighted by Gasteiger charge is 2.11. The minimum absolute atomic E-state index is 0.560. The standard InChI is InChI=1S/C13H11F2N3S/c14-10-2-1-8(5-11(10)15)12-6-18-9(3-4-16)7-19-13(18)17-12/h1-2,5-7H,3-4,16H2. The molecule has 0 aliphatic carbocycles. The van der Waals surface area contributed by atoms with E-state index in [4.69, 9.17) is 5.73 Å². The van der Waals surface area contributed by atoms with E-state index in [1.807, 2.05) is 16.0 Å². The summed E-state index contributed by atoms with van der Waals surface area (Å²) in [7, 11) is 0. The monoisotopic (exact) mass is 279 g/mol. The van der Waals surface area contributed by atoms with Gasteiger partial charge in [0.2, 0.25) is 0 Å². The second-order valence-corrected chi connectivity index (χ2v) is 5.01. The number of hydrogen-bond donors (Lipinski definition) is 1. The van der Waals surface area contributed by atoms with Gasteiger partial charge in [-0.15, -0.1) is 11.3 Å². The fraction of sp³-hybridized carbons (Fsp3) is 0.154. The number of halogens is 2. The van der Waals surface area contributed by atoms with Crippen LogP contribution in [0.15, 0.2) is 29.8 Å². The summed E-state index contributed by atoms with van der Waals surface area (Å²) < 4.78 is 28.1. The molecule has 98 valence electrons. The SMILES string of the molecule is NCCc1csc2nc(-c3ccc(F)c(F)c3)cn12. The van der Waals surface area contributed by atoms with E-state index in [0.717, 1.165) is 29.2 Å². The quantitative estimate of drug-likeness (QED) is 0.801. The molecule has 0 atom stereocenters. The van der Waals surface area contributed by atoms with Crippen molar-refractivity contribution in [2.75, 3.05) is 6.54 Å². The second-order valence-electron chi connectivity index (χ2n) is 4.17. The van der Waals surface area contributed by atoms with Crippen molar-refractivity contribution in [1.29, 1.82) is 0 Å². The lowest BCUT2D eigenvalue weighted by Crippen LogP contribution is -2.04. The normalized spacial score (nSPS) is 11.3. The maximum absolute atomic E-state index is 13.2.